The van der Waals surface area contributed by atoms with E-state index in [2.05, 4.69) is 20.2 Å². The van der Waals surface area contributed by atoms with E-state index in [1.165, 1.54) is 13.8 Å². The molecule has 1 heterocycles. The van der Waals surface area contributed by atoms with Crippen LogP contribution in [0.15, 0.2) is 34.7 Å². The molecule has 1 atom stereocenters. The zero-order chi connectivity index (χ0) is 17.1. The first-order chi connectivity index (χ1) is 10.7. The van der Waals surface area contributed by atoms with Crippen LogP contribution in [0.3, 0.4) is 0 Å². The molecular weight excluding hydrogens is 340 g/mol. The number of aromatic nitrogens is 2. The second-order valence-electron chi connectivity index (χ2n) is 5.02. The van der Waals surface area contributed by atoms with Gasteiger partial charge < -0.3 is 10.4 Å². The molecule has 2 rings (SSSR count). The van der Waals surface area contributed by atoms with Gasteiger partial charge in [-0.2, -0.15) is 0 Å². The third-order valence-electron chi connectivity index (χ3n) is 2.92. The molecule has 10 heteroatoms. The Morgan fingerprint density at radius 3 is 2.57 bits per heavy atom. The molecule has 0 spiro atoms. The predicted molar refractivity (Wildman–Crippen MR) is 85.4 cm³/mol. The van der Waals surface area contributed by atoms with Gasteiger partial charge in [-0.25, -0.2) is 13.1 Å². The molecule has 0 radical (unpaired) electrons. The van der Waals surface area contributed by atoms with Gasteiger partial charge in [-0.15, -0.1) is 10.2 Å². The number of carbonyl (C=O) groups excluding carboxylic acids is 1. The zero-order valence-corrected chi connectivity index (χ0v) is 14.1. The number of amides is 1. The maximum absolute atomic E-state index is 12.2. The van der Waals surface area contributed by atoms with Crippen LogP contribution in [0.2, 0.25) is 0 Å². The van der Waals surface area contributed by atoms with Gasteiger partial charge >= 0.3 is 0 Å². The zero-order valence-electron chi connectivity index (χ0n) is 12.5. The van der Waals surface area contributed by atoms with E-state index in [9.17, 15) is 18.3 Å². The molecule has 0 aliphatic carbocycles. The number of anilines is 1. The molecule has 1 unspecified atom stereocenters. The number of nitrogens with zero attached hydrogens (tertiary/aromatic N) is 2. The third-order valence-corrected chi connectivity index (χ3v) is 5.53. The summed E-state index contributed by atoms with van der Waals surface area (Å²) in [6.07, 6.45) is 0. The summed E-state index contributed by atoms with van der Waals surface area (Å²) in [5.74, 6) is -0.370. The molecule has 0 aliphatic heterocycles. The van der Waals surface area contributed by atoms with Crippen molar-refractivity contribution in [2.24, 2.45) is 0 Å². The molecule has 0 aliphatic rings. The van der Waals surface area contributed by atoms with E-state index in [0.29, 0.717) is 5.56 Å². The van der Waals surface area contributed by atoms with E-state index in [0.717, 1.165) is 11.3 Å². The molecule has 2 aromatic rings. The smallest absolute Gasteiger partial charge is 0.269 e. The van der Waals surface area contributed by atoms with Gasteiger partial charge in [-0.1, -0.05) is 41.7 Å². The fourth-order valence-electron chi connectivity index (χ4n) is 1.72. The number of nitrogens with one attached hydrogen (secondary N) is 2. The van der Waals surface area contributed by atoms with Crippen molar-refractivity contribution >= 4 is 32.4 Å². The number of sulfonamides is 1. The third kappa shape index (κ3) is 4.55. The summed E-state index contributed by atoms with van der Waals surface area (Å²) in [5.41, 5.74) is -0.793. The Balaban J connectivity index is 2.09. The van der Waals surface area contributed by atoms with Crippen molar-refractivity contribution in [1.29, 1.82) is 0 Å². The van der Waals surface area contributed by atoms with Crippen LogP contribution in [0.1, 0.15) is 19.4 Å². The number of aliphatic hydroxyl groups is 1. The minimum atomic E-state index is -3.93. The number of benzene rings is 1. The maximum atomic E-state index is 12.2. The van der Waals surface area contributed by atoms with Gasteiger partial charge in [0, 0.05) is 13.5 Å². The van der Waals surface area contributed by atoms with Crippen molar-refractivity contribution in [3.63, 3.8) is 0 Å². The average Bonchev–Trinajstić information content (AvgIpc) is 2.95. The second kappa shape index (κ2) is 6.71. The van der Waals surface area contributed by atoms with Crippen molar-refractivity contribution in [3.05, 3.63) is 35.9 Å². The largest absolute Gasteiger partial charge is 0.384 e. The van der Waals surface area contributed by atoms with Gasteiger partial charge in [0.05, 0.1) is 0 Å². The van der Waals surface area contributed by atoms with Crippen molar-refractivity contribution in [2.75, 3.05) is 11.9 Å². The molecule has 23 heavy (non-hydrogen) atoms. The first kappa shape index (κ1) is 17.5. The molecule has 124 valence electrons. The van der Waals surface area contributed by atoms with Crippen LogP contribution in [0.4, 0.5) is 5.13 Å². The van der Waals surface area contributed by atoms with Crippen LogP contribution >= 0.6 is 11.3 Å². The molecule has 1 aromatic heterocycles. The maximum Gasteiger partial charge on any atom is 0.269 e. The molecule has 1 amide bonds. The Morgan fingerprint density at radius 2 is 1.96 bits per heavy atom. The lowest BCUT2D eigenvalue weighted by Crippen LogP contribution is -2.38. The summed E-state index contributed by atoms with van der Waals surface area (Å²) in [6.45, 7) is 2.56. The van der Waals surface area contributed by atoms with E-state index in [-0.39, 0.29) is 21.9 Å². The minimum Gasteiger partial charge on any atom is -0.384 e. The summed E-state index contributed by atoms with van der Waals surface area (Å²) >= 11 is 0.728. The van der Waals surface area contributed by atoms with Crippen molar-refractivity contribution in [1.82, 2.24) is 14.9 Å². The number of hydrogen-bond acceptors (Lipinski definition) is 7. The Bertz CT molecular complexity index is 787. The highest BCUT2D eigenvalue weighted by atomic mass is 32.2. The highest BCUT2D eigenvalue weighted by Crippen LogP contribution is 2.22. The Kier molecular flexibility index (Phi) is 5.09. The van der Waals surface area contributed by atoms with Crippen LogP contribution in [-0.2, 0) is 20.4 Å². The van der Waals surface area contributed by atoms with Gasteiger partial charge in [0.2, 0.25) is 15.4 Å². The van der Waals surface area contributed by atoms with Crippen molar-refractivity contribution in [3.8, 4) is 0 Å². The van der Waals surface area contributed by atoms with E-state index < -0.39 is 15.6 Å². The first-order valence-electron chi connectivity index (χ1n) is 6.59. The summed E-state index contributed by atoms with van der Waals surface area (Å²) in [6, 6.07) is 8.71. The number of rotatable bonds is 6. The SMILES string of the molecule is CC(=O)Nc1nnc(S(=O)(=O)NCC(C)(O)c2ccccc2)s1. The summed E-state index contributed by atoms with van der Waals surface area (Å²) in [7, 11) is -3.93. The number of carbonyl (C=O) groups is 1. The van der Waals surface area contributed by atoms with Crippen molar-refractivity contribution in [2.45, 2.75) is 23.8 Å². The Labute approximate surface area is 137 Å². The van der Waals surface area contributed by atoms with E-state index >= 15 is 0 Å². The fourth-order valence-corrected chi connectivity index (χ4v) is 3.83. The molecule has 0 bridgehead atoms. The van der Waals surface area contributed by atoms with Gasteiger partial charge in [-0.3, -0.25) is 4.79 Å². The quantitative estimate of drug-likeness (QED) is 0.655. The topological polar surface area (TPSA) is 121 Å². The lowest BCUT2D eigenvalue weighted by Gasteiger charge is -2.23. The molecule has 8 nitrogen and oxygen atoms in total. The molecule has 1 aromatic carbocycles. The first-order valence-corrected chi connectivity index (χ1v) is 8.89. The lowest BCUT2D eigenvalue weighted by atomic mass is 9.97. The molecular formula is C13H16N4O4S2. The van der Waals surface area contributed by atoms with Gasteiger partial charge in [-0.05, 0) is 12.5 Å². The number of hydrogen-bond donors (Lipinski definition) is 3. The van der Waals surface area contributed by atoms with Crippen LogP contribution in [0, 0.1) is 0 Å². The summed E-state index contributed by atoms with van der Waals surface area (Å²) < 4.78 is 26.4. The molecule has 0 saturated heterocycles. The van der Waals surface area contributed by atoms with Crippen LogP contribution in [0.5, 0.6) is 0 Å². The van der Waals surface area contributed by atoms with Gasteiger partial charge in [0.25, 0.3) is 10.0 Å². The normalized spacial score (nSPS) is 14.2. The highest BCUT2D eigenvalue weighted by molar-refractivity contribution is 7.91. The summed E-state index contributed by atoms with van der Waals surface area (Å²) in [4.78, 5) is 10.9. The molecule has 0 fully saturated rings. The minimum absolute atomic E-state index is 0.0905. The van der Waals surface area contributed by atoms with Crippen LogP contribution in [0.25, 0.3) is 0 Å². The standard InChI is InChI=1S/C13H16N4O4S2/c1-9(18)15-11-16-17-12(22-11)23(20,21)14-8-13(2,19)10-6-4-3-5-7-10/h3-7,14,19H,8H2,1-2H3,(H,15,16,18). The molecule has 0 saturated carbocycles. The van der Waals surface area contributed by atoms with Crippen LogP contribution in [-0.4, -0.2) is 36.2 Å². The van der Waals surface area contributed by atoms with Crippen LogP contribution < -0.4 is 10.0 Å². The fraction of sp³-hybridized carbons (Fsp3) is 0.308. The second-order valence-corrected chi connectivity index (χ2v) is 7.94. The Morgan fingerprint density at radius 1 is 1.30 bits per heavy atom. The lowest BCUT2D eigenvalue weighted by molar-refractivity contribution is -0.114. The highest BCUT2D eigenvalue weighted by Gasteiger charge is 2.28. The van der Waals surface area contributed by atoms with E-state index in [4.69, 9.17) is 0 Å². The van der Waals surface area contributed by atoms with E-state index in [1.54, 1.807) is 30.3 Å². The van der Waals surface area contributed by atoms with E-state index in [1.807, 2.05) is 0 Å². The average molecular weight is 356 g/mol. The predicted octanol–water partition coefficient (Wildman–Crippen LogP) is 0.683. The van der Waals surface area contributed by atoms with Crippen molar-refractivity contribution < 1.29 is 18.3 Å². The van der Waals surface area contributed by atoms with Gasteiger partial charge in [0.15, 0.2) is 0 Å². The monoisotopic (exact) mass is 356 g/mol. The molecule has 3 N–H and O–H groups in total. The Hall–Kier alpha value is -1.88. The van der Waals surface area contributed by atoms with Gasteiger partial charge in [0.1, 0.15) is 5.60 Å². The summed E-state index contributed by atoms with van der Waals surface area (Å²) in [5, 5.41) is 20.0.